The van der Waals surface area contributed by atoms with Crippen molar-refractivity contribution in [3.8, 4) is 0 Å². The minimum Gasteiger partial charge on any atom is -0.391 e. The minimum absolute atomic E-state index is 0.0861. The van der Waals surface area contributed by atoms with Gasteiger partial charge < -0.3 is 5.11 Å². The second-order valence-corrected chi connectivity index (χ2v) is 4.19. The lowest BCUT2D eigenvalue weighted by molar-refractivity contribution is 0.335. The summed E-state index contributed by atoms with van der Waals surface area (Å²) in [7, 11) is -5.82. The average molecular weight is 169 g/mol. The molecule has 0 bridgehead atoms. The summed E-state index contributed by atoms with van der Waals surface area (Å²) in [5.74, 6) is 0. The first-order valence-electron chi connectivity index (χ1n) is 2.39. The average Bonchev–Trinajstić information content (AvgIpc) is 2.03. The van der Waals surface area contributed by atoms with Crippen LogP contribution >= 0.6 is 0 Å². The van der Waals surface area contributed by atoms with E-state index in [1.165, 1.54) is 0 Å². The van der Waals surface area contributed by atoms with E-state index in [9.17, 15) is 12.0 Å². The van der Waals surface area contributed by atoms with Gasteiger partial charge in [0.25, 0.3) is 0 Å². The smallest absolute Gasteiger partial charge is 0.219 e. The minimum atomic E-state index is -5.82. The third-order valence-electron chi connectivity index (χ3n) is 1.07. The van der Waals surface area contributed by atoms with Gasteiger partial charge in [0.05, 0.1) is 11.5 Å². The monoisotopic (exact) mass is 169 g/mol. The van der Waals surface area contributed by atoms with Crippen LogP contribution in [0.15, 0.2) is 16.1 Å². The first-order chi connectivity index (χ1) is 4.44. The molecule has 1 rings (SSSR count). The highest BCUT2D eigenvalue weighted by atomic mass is 32.3. The van der Waals surface area contributed by atoms with Crippen molar-refractivity contribution in [1.82, 2.24) is 0 Å². The first-order valence-corrected chi connectivity index (χ1v) is 4.22. The Morgan fingerprint density at radius 1 is 1.70 bits per heavy atom. The van der Waals surface area contributed by atoms with Crippen molar-refractivity contribution in [1.29, 1.82) is 0 Å². The van der Waals surface area contributed by atoms with Crippen molar-refractivity contribution >= 4 is 15.4 Å². The van der Waals surface area contributed by atoms with E-state index in [1.807, 2.05) is 0 Å². The van der Waals surface area contributed by atoms with E-state index >= 15 is 0 Å². The van der Waals surface area contributed by atoms with Gasteiger partial charge in [0.15, 0.2) is 0 Å². The van der Waals surface area contributed by atoms with Gasteiger partial charge in [-0.05, 0) is 0 Å². The molecule has 0 aromatic heterocycles. The van der Waals surface area contributed by atoms with Crippen LogP contribution in [0.25, 0.3) is 0 Å². The Morgan fingerprint density at radius 2 is 2.30 bits per heavy atom. The highest BCUT2D eigenvalue weighted by Crippen LogP contribution is 2.38. The summed E-state index contributed by atoms with van der Waals surface area (Å²) < 4.78 is 35.4. The maximum atomic E-state index is 12.5. The number of aliphatic hydroxyl groups is 1. The normalized spacial score (nSPS) is 30.7. The van der Waals surface area contributed by atoms with Gasteiger partial charge >= 0.3 is 0 Å². The number of rotatable bonds is 1. The van der Waals surface area contributed by atoms with Gasteiger partial charge in [0.2, 0.25) is 9.84 Å². The van der Waals surface area contributed by atoms with Crippen LogP contribution < -0.4 is 0 Å². The number of aliphatic imine (C=N–C) groups is 1. The Balaban J connectivity index is 3.15. The van der Waals surface area contributed by atoms with Crippen LogP contribution in [0.3, 0.4) is 0 Å². The van der Waals surface area contributed by atoms with Crippen molar-refractivity contribution < 1.29 is 17.1 Å². The Hall–Kier alpha value is -0.620. The molecule has 3 nitrogen and oxygen atoms in total. The van der Waals surface area contributed by atoms with Crippen molar-refractivity contribution in [2.24, 2.45) is 4.99 Å². The number of hydrogen-bond donors (Lipinski definition) is 1. The Labute approximate surface area is 56.1 Å². The number of halogens is 2. The van der Waals surface area contributed by atoms with E-state index in [2.05, 4.69) is 4.99 Å². The summed E-state index contributed by atoms with van der Waals surface area (Å²) in [6, 6.07) is 0. The van der Waals surface area contributed by atoms with Crippen molar-refractivity contribution in [3.05, 3.63) is 11.1 Å². The molecule has 1 heterocycles. The maximum absolute atomic E-state index is 12.5. The van der Waals surface area contributed by atoms with E-state index in [4.69, 9.17) is 5.11 Å². The summed E-state index contributed by atoms with van der Waals surface area (Å²) in [6.07, 6.45) is 0.717. The molecular formula is C4H5F2NO2S. The fourth-order valence-electron chi connectivity index (χ4n) is 0.528. The summed E-state index contributed by atoms with van der Waals surface area (Å²) in [5, 5.41) is 8.27. The van der Waals surface area contributed by atoms with Crippen molar-refractivity contribution in [2.45, 2.75) is 0 Å². The second-order valence-electron chi connectivity index (χ2n) is 1.82. The standard InChI is InChI=1S/C4H5F2NO2S/c5-10(6,9)3-7-1-4(10)2-8/h1,3,8H,2H2. The summed E-state index contributed by atoms with van der Waals surface area (Å²) in [6.45, 7) is -0.918. The van der Waals surface area contributed by atoms with Crippen LogP contribution in [0.1, 0.15) is 0 Å². The fraction of sp³-hybridized carbons (Fsp3) is 0.250. The Bertz CT molecular complexity index is 277. The Kier molecular flexibility index (Phi) is 1.27. The zero-order valence-electron chi connectivity index (χ0n) is 4.83. The molecule has 10 heavy (non-hydrogen) atoms. The van der Waals surface area contributed by atoms with Crippen LogP contribution in [-0.2, 0) is 9.84 Å². The molecule has 0 atom stereocenters. The van der Waals surface area contributed by atoms with E-state index in [1.54, 1.807) is 0 Å². The molecule has 0 spiro atoms. The number of nitrogens with zero attached hydrogens (tertiary/aromatic N) is 1. The Morgan fingerprint density at radius 3 is 2.50 bits per heavy atom. The number of hydrogen-bond acceptors (Lipinski definition) is 3. The predicted molar refractivity (Wildman–Crippen MR) is 34.0 cm³/mol. The van der Waals surface area contributed by atoms with E-state index in [0.717, 1.165) is 6.20 Å². The summed E-state index contributed by atoms with van der Waals surface area (Å²) in [4.78, 5) is 2.19. The molecule has 0 aromatic carbocycles. The molecule has 1 aliphatic rings. The predicted octanol–water partition coefficient (Wildman–Crippen LogP) is 0.451. The molecule has 0 unspecified atom stereocenters. The molecule has 0 aromatic rings. The lowest BCUT2D eigenvalue weighted by atomic mass is 10.6. The van der Waals surface area contributed by atoms with E-state index < -0.39 is 21.3 Å². The van der Waals surface area contributed by atoms with Gasteiger partial charge in [-0.15, -0.1) is 7.77 Å². The molecule has 0 aliphatic carbocycles. The summed E-state index contributed by atoms with van der Waals surface area (Å²) in [5.41, 5.74) is 0.0861. The molecular weight excluding hydrogens is 164 g/mol. The SMILES string of the molecule is O=S1(F)(F)C=NC=C1CO. The third kappa shape index (κ3) is 0.994. The van der Waals surface area contributed by atoms with Gasteiger partial charge in [-0.1, -0.05) is 0 Å². The molecule has 1 aliphatic heterocycles. The second kappa shape index (κ2) is 1.70. The van der Waals surface area contributed by atoms with Gasteiger partial charge in [-0.2, -0.15) is 0 Å². The van der Waals surface area contributed by atoms with Crippen molar-refractivity contribution in [2.75, 3.05) is 6.61 Å². The molecule has 0 amide bonds. The first kappa shape index (κ1) is 7.49. The quantitative estimate of drug-likeness (QED) is 0.579. The van der Waals surface area contributed by atoms with Gasteiger partial charge in [-0.3, -0.25) is 4.99 Å². The zero-order chi connectivity index (χ0) is 7.85. The molecule has 1 N–H and O–H groups in total. The van der Waals surface area contributed by atoms with E-state index in [-0.39, 0.29) is 5.55 Å². The van der Waals surface area contributed by atoms with Gasteiger partial charge in [-0.25, -0.2) is 4.21 Å². The zero-order valence-corrected chi connectivity index (χ0v) is 5.65. The topological polar surface area (TPSA) is 49.7 Å². The lowest BCUT2D eigenvalue weighted by Crippen LogP contribution is -2.22. The van der Waals surface area contributed by atoms with Crippen LogP contribution in [0, 0.1) is 0 Å². The largest absolute Gasteiger partial charge is 0.391 e. The van der Waals surface area contributed by atoms with Gasteiger partial charge in [0, 0.05) is 6.20 Å². The highest BCUT2D eigenvalue weighted by Gasteiger charge is 2.41. The molecule has 0 radical (unpaired) electrons. The molecule has 0 fully saturated rings. The maximum Gasteiger partial charge on any atom is 0.219 e. The fourth-order valence-corrected chi connectivity index (χ4v) is 1.40. The van der Waals surface area contributed by atoms with Crippen LogP contribution in [-0.4, -0.2) is 21.5 Å². The third-order valence-corrected chi connectivity index (χ3v) is 2.69. The highest BCUT2D eigenvalue weighted by molar-refractivity contribution is 8.26. The van der Waals surface area contributed by atoms with Crippen LogP contribution in [0.2, 0.25) is 0 Å². The molecule has 0 saturated heterocycles. The van der Waals surface area contributed by atoms with Crippen LogP contribution in [0.4, 0.5) is 7.77 Å². The molecule has 0 saturated carbocycles. The number of aliphatic hydroxyl groups excluding tert-OH is 1. The van der Waals surface area contributed by atoms with Crippen molar-refractivity contribution in [3.63, 3.8) is 0 Å². The lowest BCUT2D eigenvalue weighted by Gasteiger charge is -2.16. The van der Waals surface area contributed by atoms with E-state index in [0.29, 0.717) is 0 Å². The van der Waals surface area contributed by atoms with Crippen LogP contribution in [0.5, 0.6) is 0 Å². The molecule has 58 valence electrons. The van der Waals surface area contributed by atoms with Gasteiger partial charge in [0.1, 0.15) is 5.55 Å². The summed E-state index contributed by atoms with van der Waals surface area (Å²) >= 11 is 0. The molecule has 6 heteroatoms.